The van der Waals surface area contributed by atoms with Gasteiger partial charge in [-0.05, 0) is 12.5 Å². The normalized spacial score (nSPS) is 20.6. The maximum Gasteiger partial charge on any atom is 0.344 e. The highest BCUT2D eigenvalue weighted by atomic mass is 32.3. The van der Waals surface area contributed by atoms with Crippen LogP contribution >= 0.6 is 10.3 Å². The van der Waals surface area contributed by atoms with E-state index in [2.05, 4.69) is 0 Å². The molecule has 11 heavy (non-hydrogen) atoms. The molecule has 1 N–H and O–H groups in total. The zero-order valence-electron chi connectivity index (χ0n) is 6.66. The van der Waals surface area contributed by atoms with E-state index in [0.717, 1.165) is 6.42 Å². The van der Waals surface area contributed by atoms with Gasteiger partial charge in [-0.2, -0.15) is 0 Å². The third-order valence-corrected chi connectivity index (χ3v) is 2.83. The molecule has 0 amide bonds. The van der Waals surface area contributed by atoms with Crippen LogP contribution in [0.1, 0.15) is 6.42 Å². The van der Waals surface area contributed by atoms with Gasteiger partial charge in [0.1, 0.15) is 0 Å². The van der Waals surface area contributed by atoms with Crippen molar-refractivity contribution < 1.29 is 14.1 Å². The first-order valence-corrected chi connectivity index (χ1v) is 5.75. The summed E-state index contributed by atoms with van der Waals surface area (Å²) in [4.78, 5) is 11.5. The fraction of sp³-hybridized carbons (Fsp3) is 0.571. The van der Waals surface area contributed by atoms with Gasteiger partial charge in [0.15, 0.2) is 0 Å². The van der Waals surface area contributed by atoms with Gasteiger partial charge in [-0.3, -0.25) is 0 Å². The van der Waals surface area contributed by atoms with Crippen LogP contribution in [0.3, 0.4) is 0 Å². The Kier molecular flexibility index (Phi) is 2.25. The minimum atomic E-state index is -1.89. The van der Waals surface area contributed by atoms with Gasteiger partial charge in [-0.15, -0.1) is 10.3 Å². The van der Waals surface area contributed by atoms with E-state index in [1.807, 2.05) is 0 Å². The van der Waals surface area contributed by atoms with Crippen molar-refractivity contribution >= 4 is 16.3 Å². The molecule has 1 aliphatic heterocycles. The molecule has 4 heteroatoms. The van der Waals surface area contributed by atoms with Crippen molar-refractivity contribution in [1.82, 2.24) is 0 Å². The first kappa shape index (κ1) is 8.62. The van der Waals surface area contributed by atoms with E-state index < -0.39 is 10.3 Å². The van der Waals surface area contributed by atoms with Gasteiger partial charge >= 0.3 is 5.97 Å². The van der Waals surface area contributed by atoms with E-state index in [4.69, 9.17) is 4.74 Å². The van der Waals surface area contributed by atoms with Gasteiger partial charge in [0, 0.05) is 6.42 Å². The zero-order valence-corrected chi connectivity index (χ0v) is 7.48. The Morgan fingerprint density at radius 1 is 1.64 bits per heavy atom. The molecule has 0 aromatic carbocycles. The number of ether oxygens (including phenoxy) is 1. The maximum absolute atomic E-state index is 11.0. The van der Waals surface area contributed by atoms with Gasteiger partial charge < -0.3 is 9.29 Å². The third-order valence-electron chi connectivity index (χ3n) is 1.42. The Labute approximate surface area is 67.6 Å². The lowest BCUT2D eigenvalue weighted by Crippen LogP contribution is -2.17. The number of esters is 1. The van der Waals surface area contributed by atoms with Crippen molar-refractivity contribution in [1.29, 1.82) is 0 Å². The van der Waals surface area contributed by atoms with Crippen molar-refractivity contribution in [3.05, 3.63) is 11.0 Å². The smallest absolute Gasteiger partial charge is 0.344 e. The fourth-order valence-corrected chi connectivity index (χ4v) is 1.90. The van der Waals surface area contributed by atoms with Crippen LogP contribution < -0.4 is 0 Å². The van der Waals surface area contributed by atoms with E-state index in [1.165, 1.54) is 0 Å². The molecule has 0 saturated heterocycles. The molecule has 3 nitrogen and oxygen atoms in total. The molecule has 0 bridgehead atoms. The van der Waals surface area contributed by atoms with Crippen LogP contribution in [0.5, 0.6) is 0 Å². The van der Waals surface area contributed by atoms with Crippen LogP contribution in [0.15, 0.2) is 11.0 Å². The summed E-state index contributed by atoms with van der Waals surface area (Å²) in [6.45, 7) is 0.442. The summed E-state index contributed by atoms with van der Waals surface area (Å²) in [7, 11) is -1.89. The van der Waals surface area contributed by atoms with Crippen LogP contribution in [0, 0.1) is 0 Å². The summed E-state index contributed by atoms with van der Waals surface area (Å²) >= 11 is 0. The number of carbonyl (C=O) groups excluding carboxylic acids is 1. The number of carbonyl (C=O) groups is 1. The zero-order chi connectivity index (χ0) is 8.48. The molecule has 0 aromatic rings. The second kappa shape index (κ2) is 2.87. The average molecular weight is 176 g/mol. The Hall–Kier alpha value is -0.480. The van der Waals surface area contributed by atoms with Crippen LogP contribution in [0.4, 0.5) is 0 Å². The van der Waals surface area contributed by atoms with Gasteiger partial charge in [0.05, 0.1) is 11.5 Å². The second-order valence-corrected chi connectivity index (χ2v) is 5.75. The minimum absolute atomic E-state index is 0.362. The molecule has 1 aliphatic rings. The monoisotopic (exact) mass is 176 g/mol. The molecule has 1 rings (SSSR count). The predicted molar refractivity (Wildman–Crippen MR) is 45.7 cm³/mol. The molecule has 0 unspecified atom stereocenters. The third kappa shape index (κ3) is 1.97. The highest BCUT2D eigenvalue weighted by Gasteiger charge is 2.24. The largest absolute Gasteiger partial charge is 0.461 e. The maximum atomic E-state index is 11.0. The van der Waals surface area contributed by atoms with Crippen LogP contribution in [0.2, 0.25) is 0 Å². The first-order chi connectivity index (χ1) is 5.02. The summed E-state index contributed by atoms with van der Waals surface area (Å²) in [5, 5.41) is 0. The summed E-state index contributed by atoms with van der Waals surface area (Å²) in [5.74, 6) is -0.362. The highest BCUT2D eigenvalue weighted by Crippen LogP contribution is 2.45. The standard InChI is InChI=1S/C7H12O3S/c1-11(2,9)6-4-3-5-10-7(6)8/h4,9H,3,5H2,1-2H3. The molecular formula is C7H12O3S. The molecule has 0 aromatic heterocycles. The second-order valence-electron chi connectivity index (χ2n) is 2.77. The van der Waals surface area contributed by atoms with Crippen LogP contribution in [-0.2, 0) is 9.53 Å². The first-order valence-electron chi connectivity index (χ1n) is 3.35. The predicted octanol–water partition coefficient (Wildman–Crippen LogP) is 1.35. The Bertz CT molecular complexity index is 202. The van der Waals surface area contributed by atoms with E-state index in [-0.39, 0.29) is 5.97 Å². The van der Waals surface area contributed by atoms with Crippen molar-refractivity contribution in [2.75, 3.05) is 19.1 Å². The Morgan fingerprint density at radius 2 is 2.27 bits per heavy atom. The fourth-order valence-electron chi connectivity index (χ4n) is 0.904. The van der Waals surface area contributed by atoms with Gasteiger partial charge in [-0.1, -0.05) is 6.08 Å². The molecule has 0 radical (unpaired) electrons. The van der Waals surface area contributed by atoms with Crippen LogP contribution in [-0.4, -0.2) is 29.6 Å². The lowest BCUT2D eigenvalue weighted by Gasteiger charge is -2.27. The molecule has 0 spiro atoms. The van der Waals surface area contributed by atoms with Crippen molar-refractivity contribution in [2.45, 2.75) is 6.42 Å². The van der Waals surface area contributed by atoms with E-state index in [0.29, 0.717) is 11.5 Å². The lowest BCUT2D eigenvalue weighted by atomic mass is 10.3. The number of cyclic esters (lactones) is 1. The Morgan fingerprint density at radius 3 is 2.64 bits per heavy atom. The summed E-state index contributed by atoms with van der Waals surface area (Å²) in [5.41, 5.74) is 0. The summed E-state index contributed by atoms with van der Waals surface area (Å²) < 4.78 is 14.3. The SMILES string of the molecule is CS(C)(O)C1=CCCOC1=O. The number of hydrogen-bond acceptors (Lipinski definition) is 3. The topological polar surface area (TPSA) is 46.5 Å². The van der Waals surface area contributed by atoms with Crippen molar-refractivity contribution in [3.8, 4) is 0 Å². The van der Waals surface area contributed by atoms with E-state index in [9.17, 15) is 9.35 Å². The quantitative estimate of drug-likeness (QED) is 0.613. The van der Waals surface area contributed by atoms with E-state index in [1.54, 1.807) is 18.6 Å². The summed E-state index contributed by atoms with van der Waals surface area (Å²) in [6.07, 6.45) is 5.80. The van der Waals surface area contributed by atoms with Crippen molar-refractivity contribution in [3.63, 3.8) is 0 Å². The van der Waals surface area contributed by atoms with Gasteiger partial charge in [0.2, 0.25) is 0 Å². The number of hydrogen-bond donors (Lipinski definition) is 1. The molecule has 1 heterocycles. The van der Waals surface area contributed by atoms with Gasteiger partial charge in [0.25, 0.3) is 0 Å². The molecule has 0 fully saturated rings. The molecule has 0 atom stereocenters. The van der Waals surface area contributed by atoms with Crippen molar-refractivity contribution in [2.24, 2.45) is 0 Å². The molecule has 64 valence electrons. The minimum Gasteiger partial charge on any atom is -0.461 e. The van der Waals surface area contributed by atoms with E-state index >= 15 is 0 Å². The average Bonchev–Trinajstić information content (AvgIpc) is 1.86. The molecule has 0 aliphatic carbocycles. The van der Waals surface area contributed by atoms with Crippen LogP contribution in [0.25, 0.3) is 0 Å². The van der Waals surface area contributed by atoms with Gasteiger partial charge in [-0.25, -0.2) is 4.79 Å². The molecular weight excluding hydrogens is 164 g/mol. The number of rotatable bonds is 1. The lowest BCUT2D eigenvalue weighted by molar-refractivity contribution is -0.138. The highest BCUT2D eigenvalue weighted by molar-refractivity contribution is 8.31. The Balaban J connectivity index is 2.85. The summed E-state index contributed by atoms with van der Waals surface area (Å²) in [6, 6.07) is 0. The molecule has 0 saturated carbocycles.